The first-order valence-corrected chi connectivity index (χ1v) is 5.88. The van der Waals surface area contributed by atoms with Gasteiger partial charge in [0.1, 0.15) is 0 Å². The summed E-state index contributed by atoms with van der Waals surface area (Å²) in [5.41, 5.74) is 5.34. The van der Waals surface area contributed by atoms with Gasteiger partial charge in [0.05, 0.1) is 0 Å². The van der Waals surface area contributed by atoms with Gasteiger partial charge in [-0.3, -0.25) is 4.79 Å². The van der Waals surface area contributed by atoms with E-state index in [0.717, 1.165) is 33.6 Å². The van der Waals surface area contributed by atoms with Crippen molar-refractivity contribution in [1.29, 1.82) is 0 Å². The zero-order valence-corrected chi connectivity index (χ0v) is 10.2. The molecule has 0 atom stereocenters. The van der Waals surface area contributed by atoms with Crippen LogP contribution in [0.25, 0.3) is 11.1 Å². The van der Waals surface area contributed by atoms with Crippen LogP contribution in [-0.2, 0) is 0 Å². The Bertz CT molecular complexity index is 671. The number of nitrogens with one attached hydrogen (secondary N) is 1. The van der Waals surface area contributed by atoms with Crippen LogP contribution >= 0.6 is 0 Å². The van der Waals surface area contributed by atoms with E-state index in [1.165, 1.54) is 0 Å². The number of rotatable bonds is 2. The predicted octanol–water partition coefficient (Wildman–Crippen LogP) is 3.84. The number of allylic oxidation sites excluding steroid dienone is 1. The van der Waals surface area contributed by atoms with Crippen LogP contribution in [0.1, 0.15) is 22.8 Å². The lowest BCUT2D eigenvalue weighted by atomic mass is 10.0. The number of hydrogen-bond donors (Lipinski definition) is 1. The van der Waals surface area contributed by atoms with Gasteiger partial charge in [-0.05, 0) is 18.6 Å². The molecule has 88 valence electrons. The molecular weight excluding hydrogens is 222 g/mol. The molecule has 1 aliphatic carbocycles. The Kier molecular flexibility index (Phi) is 2.30. The van der Waals surface area contributed by atoms with Gasteiger partial charge < -0.3 is 5.32 Å². The maximum atomic E-state index is 12.3. The lowest BCUT2D eigenvalue weighted by Gasteiger charge is -2.11. The van der Waals surface area contributed by atoms with Crippen LogP contribution in [0.5, 0.6) is 0 Å². The summed E-state index contributed by atoms with van der Waals surface area (Å²) in [5.74, 6) is 0.103. The summed E-state index contributed by atoms with van der Waals surface area (Å²) < 4.78 is 0. The zero-order valence-electron chi connectivity index (χ0n) is 10.2. The van der Waals surface area contributed by atoms with E-state index in [-0.39, 0.29) is 5.78 Å². The predicted molar refractivity (Wildman–Crippen MR) is 73.7 cm³/mol. The molecule has 0 fully saturated rings. The van der Waals surface area contributed by atoms with Crippen molar-refractivity contribution >= 4 is 11.5 Å². The molecule has 2 aromatic carbocycles. The summed E-state index contributed by atoms with van der Waals surface area (Å²) >= 11 is 0. The molecule has 0 aliphatic heterocycles. The highest BCUT2D eigenvalue weighted by Gasteiger charge is 2.28. The van der Waals surface area contributed by atoms with Crippen LogP contribution in [0, 0.1) is 0 Å². The molecular formula is C16H13NO. The average molecular weight is 235 g/mol. The van der Waals surface area contributed by atoms with Gasteiger partial charge in [0.25, 0.3) is 0 Å². The molecule has 18 heavy (non-hydrogen) atoms. The molecule has 0 radical (unpaired) electrons. The highest BCUT2D eigenvalue weighted by molar-refractivity contribution is 6.23. The number of carbonyl (C=O) groups is 1. The van der Waals surface area contributed by atoms with E-state index in [9.17, 15) is 4.79 Å². The first-order chi connectivity index (χ1) is 8.68. The highest BCUT2D eigenvalue weighted by Crippen LogP contribution is 2.41. The van der Waals surface area contributed by atoms with Crippen LogP contribution in [0.2, 0.25) is 0 Å². The fourth-order valence-corrected chi connectivity index (χ4v) is 2.41. The van der Waals surface area contributed by atoms with Gasteiger partial charge in [0.15, 0.2) is 5.78 Å². The molecule has 0 aromatic heterocycles. The molecule has 0 spiro atoms. The second kappa shape index (κ2) is 3.84. The van der Waals surface area contributed by atoms with Crippen molar-refractivity contribution in [3.8, 4) is 11.1 Å². The summed E-state index contributed by atoms with van der Waals surface area (Å²) in [6, 6.07) is 13.5. The molecule has 2 nitrogen and oxygen atoms in total. The topological polar surface area (TPSA) is 29.1 Å². The Balaban J connectivity index is 2.28. The molecule has 2 heteroatoms. The Morgan fingerprint density at radius 1 is 1.00 bits per heavy atom. The van der Waals surface area contributed by atoms with Crippen molar-refractivity contribution in [3.05, 3.63) is 65.9 Å². The second-order valence-electron chi connectivity index (χ2n) is 4.51. The van der Waals surface area contributed by atoms with E-state index in [1.807, 2.05) is 49.4 Å². The highest BCUT2D eigenvalue weighted by atomic mass is 16.1. The first-order valence-electron chi connectivity index (χ1n) is 5.88. The van der Waals surface area contributed by atoms with E-state index in [4.69, 9.17) is 0 Å². The van der Waals surface area contributed by atoms with Crippen LogP contribution in [-0.4, -0.2) is 5.78 Å². The smallest absolute Gasteiger partial charge is 0.194 e. The van der Waals surface area contributed by atoms with Gasteiger partial charge in [-0.2, -0.15) is 0 Å². The van der Waals surface area contributed by atoms with Crippen molar-refractivity contribution in [1.82, 2.24) is 0 Å². The normalized spacial score (nSPS) is 11.9. The van der Waals surface area contributed by atoms with Crippen molar-refractivity contribution < 1.29 is 4.79 Å². The summed E-state index contributed by atoms with van der Waals surface area (Å²) in [5, 5.41) is 3.22. The third-order valence-corrected chi connectivity index (χ3v) is 3.10. The lowest BCUT2D eigenvalue weighted by Crippen LogP contribution is -1.98. The molecule has 0 amide bonds. The summed E-state index contributed by atoms with van der Waals surface area (Å²) in [7, 11) is 0. The van der Waals surface area contributed by atoms with E-state index < -0.39 is 0 Å². The van der Waals surface area contributed by atoms with Crippen molar-refractivity contribution in [2.24, 2.45) is 0 Å². The molecule has 3 rings (SSSR count). The number of ketones is 1. The van der Waals surface area contributed by atoms with E-state index in [0.29, 0.717) is 0 Å². The molecule has 0 saturated carbocycles. The minimum absolute atomic E-state index is 0.103. The molecule has 0 unspecified atom stereocenters. The number of fused-ring (bicyclic) bond motifs is 3. The molecule has 1 aliphatic rings. The number of carbonyl (C=O) groups excluding carboxylic acids is 1. The standard InChI is InChI=1S/C16H13NO/c1-10(2)17-14-9-5-8-13-15(14)11-6-3-4-7-12(11)16(13)18/h3-9,17H,1H2,2H3. The fourth-order valence-electron chi connectivity index (χ4n) is 2.41. The molecule has 2 aromatic rings. The summed E-state index contributed by atoms with van der Waals surface area (Å²) in [4.78, 5) is 12.3. The number of benzene rings is 2. The van der Waals surface area contributed by atoms with Crippen LogP contribution < -0.4 is 5.32 Å². The van der Waals surface area contributed by atoms with E-state index in [2.05, 4.69) is 11.9 Å². The fraction of sp³-hybridized carbons (Fsp3) is 0.0625. The van der Waals surface area contributed by atoms with Crippen molar-refractivity contribution in [2.75, 3.05) is 5.32 Å². The summed E-state index contributed by atoms with van der Waals surface area (Å²) in [6.07, 6.45) is 0. The first kappa shape index (κ1) is 10.8. The third-order valence-electron chi connectivity index (χ3n) is 3.10. The number of anilines is 1. The molecule has 0 saturated heterocycles. The molecule has 0 bridgehead atoms. The minimum atomic E-state index is 0.103. The second-order valence-corrected chi connectivity index (χ2v) is 4.51. The average Bonchev–Trinajstić information content (AvgIpc) is 2.65. The van der Waals surface area contributed by atoms with Crippen LogP contribution in [0.15, 0.2) is 54.7 Å². The Labute approximate surface area is 106 Å². The summed E-state index contributed by atoms with van der Waals surface area (Å²) in [6.45, 7) is 5.76. The van der Waals surface area contributed by atoms with Gasteiger partial charge >= 0.3 is 0 Å². The number of hydrogen-bond acceptors (Lipinski definition) is 2. The van der Waals surface area contributed by atoms with Gasteiger partial charge in [0.2, 0.25) is 0 Å². The Morgan fingerprint density at radius 2 is 1.67 bits per heavy atom. The van der Waals surface area contributed by atoms with Gasteiger partial charge in [0, 0.05) is 28.1 Å². The van der Waals surface area contributed by atoms with Crippen molar-refractivity contribution in [2.45, 2.75) is 6.92 Å². The van der Waals surface area contributed by atoms with Crippen LogP contribution in [0.3, 0.4) is 0 Å². The lowest BCUT2D eigenvalue weighted by molar-refractivity contribution is 0.104. The monoisotopic (exact) mass is 235 g/mol. The van der Waals surface area contributed by atoms with Gasteiger partial charge in [-0.1, -0.05) is 43.0 Å². The molecule has 1 N–H and O–H groups in total. The van der Waals surface area contributed by atoms with E-state index >= 15 is 0 Å². The van der Waals surface area contributed by atoms with Gasteiger partial charge in [-0.15, -0.1) is 0 Å². The van der Waals surface area contributed by atoms with E-state index in [1.54, 1.807) is 0 Å². The van der Waals surface area contributed by atoms with Crippen LogP contribution in [0.4, 0.5) is 5.69 Å². The van der Waals surface area contributed by atoms with Gasteiger partial charge in [-0.25, -0.2) is 0 Å². The quantitative estimate of drug-likeness (QED) is 0.731. The van der Waals surface area contributed by atoms with Crippen molar-refractivity contribution in [3.63, 3.8) is 0 Å². The Hall–Kier alpha value is -2.35. The third kappa shape index (κ3) is 1.46. The Morgan fingerprint density at radius 3 is 2.39 bits per heavy atom. The largest absolute Gasteiger partial charge is 0.359 e. The zero-order chi connectivity index (χ0) is 12.7. The maximum Gasteiger partial charge on any atom is 0.194 e. The maximum absolute atomic E-state index is 12.3. The SMILES string of the molecule is C=C(C)Nc1cccc2c1-c1ccccc1C2=O. The molecule has 0 heterocycles. The minimum Gasteiger partial charge on any atom is -0.359 e.